The summed E-state index contributed by atoms with van der Waals surface area (Å²) >= 11 is 5.15. The van der Waals surface area contributed by atoms with Crippen molar-refractivity contribution in [2.75, 3.05) is 6.54 Å². The highest BCUT2D eigenvalue weighted by Gasteiger charge is 2.07. The molecule has 0 spiro atoms. The molecule has 0 fully saturated rings. The zero-order valence-electron chi connectivity index (χ0n) is 12.6. The molecule has 0 unspecified atom stereocenters. The number of aromatic nitrogens is 1. The number of ether oxygens (including phenoxy) is 1. The van der Waals surface area contributed by atoms with Gasteiger partial charge in [0.15, 0.2) is 0 Å². The second-order valence-corrected chi connectivity index (χ2v) is 7.35. The summed E-state index contributed by atoms with van der Waals surface area (Å²) in [4.78, 5) is 5.79. The zero-order chi connectivity index (χ0) is 15.2. The number of halogens is 1. The lowest BCUT2D eigenvalue weighted by Gasteiger charge is -2.12. The van der Waals surface area contributed by atoms with Crippen molar-refractivity contribution in [2.24, 2.45) is 5.92 Å². The van der Waals surface area contributed by atoms with Gasteiger partial charge in [-0.1, -0.05) is 13.8 Å². The predicted molar refractivity (Wildman–Crippen MR) is 91.9 cm³/mol. The van der Waals surface area contributed by atoms with Crippen LogP contribution in [0.1, 0.15) is 30.1 Å². The first kappa shape index (κ1) is 16.5. The molecule has 0 radical (unpaired) electrons. The SMILES string of the molecule is Cc1ccc(OCc2cc(Br)cs2)c(CNCC(C)C)n1. The van der Waals surface area contributed by atoms with Crippen LogP contribution in [0.15, 0.2) is 28.1 Å². The van der Waals surface area contributed by atoms with Gasteiger partial charge in [-0.3, -0.25) is 4.98 Å². The molecule has 0 amide bonds. The smallest absolute Gasteiger partial charge is 0.142 e. The largest absolute Gasteiger partial charge is 0.486 e. The van der Waals surface area contributed by atoms with Gasteiger partial charge in [0, 0.05) is 27.0 Å². The van der Waals surface area contributed by atoms with Gasteiger partial charge >= 0.3 is 0 Å². The maximum Gasteiger partial charge on any atom is 0.142 e. The van der Waals surface area contributed by atoms with Gasteiger partial charge in [-0.15, -0.1) is 11.3 Å². The van der Waals surface area contributed by atoms with Crippen molar-refractivity contribution < 1.29 is 4.74 Å². The van der Waals surface area contributed by atoms with Crippen LogP contribution in [-0.4, -0.2) is 11.5 Å². The minimum absolute atomic E-state index is 0.582. The van der Waals surface area contributed by atoms with Crippen LogP contribution in [0.2, 0.25) is 0 Å². The van der Waals surface area contributed by atoms with Gasteiger partial charge in [0.25, 0.3) is 0 Å². The Morgan fingerprint density at radius 2 is 2.19 bits per heavy atom. The molecule has 0 aromatic carbocycles. The molecular formula is C16H21BrN2OS. The number of aryl methyl sites for hydroxylation is 1. The lowest BCUT2D eigenvalue weighted by atomic mass is 10.2. The van der Waals surface area contributed by atoms with Gasteiger partial charge in [0.1, 0.15) is 12.4 Å². The maximum atomic E-state index is 5.94. The Morgan fingerprint density at radius 1 is 1.38 bits per heavy atom. The Labute approximate surface area is 138 Å². The summed E-state index contributed by atoms with van der Waals surface area (Å²) in [5.41, 5.74) is 1.99. The van der Waals surface area contributed by atoms with E-state index in [4.69, 9.17) is 4.74 Å². The Bertz CT molecular complexity index is 583. The summed E-state index contributed by atoms with van der Waals surface area (Å²) in [6.45, 7) is 8.70. The topological polar surface area (TPSA) is 34.1 Å². The van der Waals surface area contributed by atoms with Crippen molar-refractivity contribution in [3.8, 4) is 5.75 Å². The highest BCUT2D eigenvalue weighted by atomic mass is 79.9. The highest BCUT2D eigenvalue weighted by Crippen LogP contribution is 2.23. The summed E-state index contributed by atoms with van der Waals surface area (Å²) in [6.07, 6.45) is 0. The van der Waals surface area contributed by atoms with Crippen LogP contribution in [0.4, 0.5) is 0 Å². The molecule has 114 valence electrons. The third-order valence-corrected chi connectivity index (χ3v) is 4.58. The van der Waals surface area contributed by atoms with Crippen LogP contribution in [0, 0.1) is 12.8 Å². The van der Waals surface area contributed by atoms with Gasteiger partial charge in [-0.2, -0.15) is 0 Å². The van der Waals surface area contributed by atoms with Gasteiger partial charge in [0.2, 0.25) is 0 Å². The molecule has 0 atom stereocenters. The van der Waals surface area contributed by atoms with E-state index in [-0.39, 0.29) is 0 Å². The van der Waals surface area contributed by atoms with Crippen LogP contribution in [0.5, 0.6) is 5.75 Å². The summed E-state index contributed by atoms with van der Waals surface area (Å²) in [7, 11) is 0. The van der Waals surface area contributed by atoms with E-state index in [1.807, 2.05) is 19.1 Å². The molecule has 3 nitrogen and oxygen atoms in total. The van der Waals surface area contributed by atoms with Crippen molar-refractivity contribution in [3.05, 3.63) is 44.3 Å². The summed E-state index contributed by atoms with van der Waals surface area (Å²) < 4.78 is 7.04. The zero-order valence-corrected chi connectivity index (χ0v) is 15.1. The number of nitrogens with one attached hydrogen (secondary N) is 1. The molecule has 2 aromatic rings. The van der Waals surface area contributed by atoms with Gasteiger partial charge in [-0.25, -0.2) is 0 Å². The van der Waals surface area contributed by atoms with Gasteiger partial charge in [0.05, 0.1) is 5.69 Å². The average molecular weight is 369 g/mol. The van der Waals surface area contributed by atoms with E-state index in [9.17, 15) is 0 Å². The first-order valence-corrected chi connectivity index (χ1v) is 8.75. The average Bonchev–Trinajstić information content (AvgIpc) is 2.83. The van der Waals surface area contributed by atoms with Gasteiger partial charge in [-0.05, 0) is 53.5 Å². The van der Waals surface area contributed by atoms with Crippen LogP contribution < -0.4 is 10.1 Å². The van der Waals surface area contributed by atoms with E-state index in [0.717, 1.165) is 34.7 Å². The fraction of sp³-hybridized carbons (Fsp3) is 0.438. The second-order valence-electron chi connectivity index (χ2n) is 5.44. The lowest BCUT2D eigenvalue weighted by molar-refractivity contribution is 0.303. The molecule has 2 heterocycles. The molecule has 21 heavy (non-hydrogen) atoms. The Hall–Kier alpha value is -0.910. The van der Waals surface area contributed by atoms with Crippen LogP contribution in [0.25, 0.3) is 0 Å². The molecule has 1 N–H and O–H groups in total. The molecule has 0 bridgehead atoms. The highest BCUT2D eigenvalue weighted by molar-refractivity contribution is 9.10. The van der Waals surface area contributed by atoms with Crippen LogP contribution in [-0.2, 0) is 13.2 Å². The third kappa shape index (κ3) is 5.41. The number of thiophene rings is 1. The van der Waals surface area contributed by atoms with Crippen molar-refractivity contribution in [1.82, 2.24) is 10.3 Å². The quantitative estimate of drug-likeness (QED) is 0.778. The molecule has 0 saturated heterocycles. The van der Waals surface area contributed by atoms with E-state index in [1.54, 1.807) is 11.3 Å². The minimum atomic E-state index is 0.582. The van der Waals surface area contributed by atoms with Crippen LogP contribution >= 0.6 is 27.3 Å². The molecule has 0 aliphatic carbocycles. The number of hydrogen-bond donors (Lipinski definition) is 1. The number of hydrogen-bond acceptors (Lipinski definition) is 4. The van der Waals surface area contributed by atoms with E-state index >= 15 is 0 Å². The standard InChI is InChI=1S/C16H21BrN2OS/c1-11(2)7-18-8-15-16(5-4-12(3)19-15)20-9-14-6-13(17)10-21-14/h4-6,10-11,18H,7-9H2,1-3H3. The molecule has 2 aromatic heterocycles. The fourth-order valence-corrected chi connectivity index (χ4v) is 3.28. The van der Waals surface area contributed by atoms with E-state index in [2.05, 4.69) is 51.5 Å². The van der Waals surface area contributed by atoms with E-state index in [1.165, 1.54) is 4.88 Å². The summed E-state index contributed by atoms with van der Waals surface area (Å²) in [5, 5.41) is 5.49. The van der Waals surface area contributed by atoms with E-state index < -0.39 is 0 Å². The van der Waals surface area contributed by atoms with Crippen molar-refractivity contribution >= 4 is 27.3 Å². The predicted octanol–water partition coefficient (Wildman–Crippen LogP) is 4.54. The molecule has 5 heteroatoms. The van der Waals surface area contributed by atoms with Crippen molar-refractivity contribution in [1.29, 1.82) is 0 Å². The summed E-state index contributed by atoms with van der Waals surface area (Å²) in [5.74, 6) is 1.49. The number of pyridine rings is 1. The maximum absolute atomic E-state index is 5.94. The second kappa shape index (κ2) is 7.92. The van der Waals surface area contributed by atoms with Gasteiger partial charge < -0.3 is 10.1 Å². The normalized spacial score (nSPS) is 11.1. The Kier molecular flexibility index (Phi) is 6.21. The minimum Gasteiger partial charge on any atom is -0.486 e. The molecule has 2 rings (SSSR count). The molecular weight excluding hydrogens is 348 g/mol. The monoisotopic (exact) mass is 368 g/mol. The first-order chi connectivity index (χ1) is 10.0. The summed E-state index contributed by atoms with van der Waals surface area (Å²) in [6, 6.07) is 6.09. The molecule has 0 aliphatic heterocycles. The third-order valence-electron chi connectivity index (χ3n) is 2.91. The molecule has 0 aliphatic rings. The van der Waals surface area contributed by atoms with Crippen molar-refractivity contribution in [3.63, 3.8) is 0 Å². The Morgan fingerprint density at radius 3 is 2.86 bits per heavy atom. The first-order valence-electron chi connectivity index (χ1n) is 7.07. The number of rotatable bonds is 7. The molecule has 0 saturated carbocycles. The fourth-order valence-electron chi connectivity index (χ4n) is 1.91. The number of nitrogens with zero attached hydrogens (tertiary/aromatic N) is 1. The van der Waals surface area contributed by atoms with Crippen LogP contribution in [0.3, 0.4) is 0 Å². The Balaban J connectivity index is 2.00. The van der Waals surface area contributed by atoms with Crippen molar-refractivity contribution in [2.45, 2.75) is 33.9 Å². The van der Waals surface area contributed by atoms with E-state index in [0.29, 0.717) is 12.5 Å². The lowest BCUT2D eigenvalue weighted by Crippen LogP contribution is -2.20.